The molecule has 10 heterocycles. The second-order valence-electron chi connectivity index (χ2n) is 30.3. The number of rotatable bonds is 3. The maximum atomic E-state index is 4.48. The lowest BCUT2D eigenvalue weighted by atomic mass is 9.85. The molecule has 1 saturated carbocycles. The molecule has 0 spiro atoms. The van der Waals surface area contributed by atoms with Gasteiger partial charge in [-0.25, -0.2) is 24.0 Å². The SMILES string of the molecule is CC(C)(C)c1ccccn1.CC(C)(C)c1cccnc1-c1cc[nH]c1.CC(C)(C)c1cnc2cccnn12.CC(C)(C)c1nccnc1CC1CC1.Cc1cnc(C)c(C(C)(C)C)n1.Cc1nc2cccnn2c1C(C)(C)C.Cc1ncc(Br)nc1C(C)(C)C. The highest BCUT2D eigenvalue weighted by Gasteiger charge is 2.28. The Morgan fingerprint density at radius 2 is 1.02 bits per heavy atom. The van der Waals surface area contributed by atoms with E-state index in [1.54, 1.807) is 24.8 Å². The smallest absolute Gasteiger partial charge is 0.154 e. The fourth-order valence-electron chi connectivity index (χ4n) is 9.84. The van der Waals surface area contributed by atoms with Gasteiger partial charge in [0.05, 0.1) is 75.0 Å². The maximum absolute atomic E-state index is 4.48. The van der Waals surface area contributed by atoms with Crippen LogP contribution in [0.1, 0.15) is 226 Å². The van der Waals surface area contributed by atoms with Gasteiger partial charge in [0.1, 0.15) is 4.60 Å². The number of nitrogens with one attached hydrogen (secondary N) is 1. The maximum Gasteiger partial charge on any atom is 0.154 e. The third-order valence-electron chi connectivity index (χ3n) is 14.3. The Hall–Kier alpha value is -7.46. The number of pyridine rings is 2. The third-order valence-corrected chi connectivity index (χ3v) is 14.7. The molecule has 482 valence electrons. The van der Waals surface area contributed by atoms with Gasteiger partial charge in [-0.3, -0.25) is 34.9 Å². The minimum Gasteiger partial charge on any atom is -0.367 e. The van der Waals surface area contributed by atoms with Crippen LogP contribution in [0.2, 0.25) is 0 Å². The number of aromatic amines is 1. The Morgan fingerprint density at radius 1 is 0.456 bits per heavy atom. The largest absolute Gasteiger partial charge is 0.367 e. The van der Waals surface area contributed by atoms with E-state index in [9.17, 15) is 0 Å². The first-order valence-corrected chi connectivity index (χ1v) is 32.2. The number of aromatic nitrogens is 15. The molecular weight excluding hydrogens is 1180 g/mol. The molecule has 15 nitrogen and oxygen atoms in total. The number of fused-ring (bicyclic) bond motifs is 2. The van der Waals surface area contributed by atoms with Crippen LogP contribution in [0.5, 0.6) is 0 Å². The van der Waals surface area contributed by atoms with Crippen LogP contribution in [0.3, 0.4) is 0 Å². The number of aryl methyl sites for hydroxylation is 4. The van der Waals surface area contributed by atoms with Crippen molar-refractivity contribution in [3.8, 4) is 11.3 Å². The highest BCUT2D eigenvalue weighted by atomic mass is 79.9. The molecule has 1 aliphatic rings. The van der Waals surface area contributed by atoms with Gasteiger partial charge in [-0.2, -0.15) is 10.2 Å². The quantitative estimate of drug-likeness (QED) is 0.177. The van der Waals surface area contributed by atoms with E-state index in [1.807, 2.05) is 123 Å². The van der Waals surface area contributed by atoms with Crippen molar-refractivity contribution in [2.45, 2.75) is 230 Å². The van der Waals surface area contributed by atoms with Crippen molar-refractivity contribution in [2.75, 3.05) is 0 Å². The summed E-state index contributed by atoms with van der Waals surface area (Å²) in [6.45, 7) is 53.6. The van der Waals surface area contributed by atoms with Gasteiger partial charge < -0.3 is 4.98 Å². The standard InChI is InChI=1S/C13H16N2.C12H18N2.C11H15N3.C10H13N3.C10H16N2.C9H13BrN2.C9H13N/c1-13(2,3)11-5-4-7-15-12(11)10-6-8-14-9-10;1-12(2,3)11-10(8-9-4-5-9)13-6-7-14-11;1-8-10(11(2,3)4)14-9(13-8)6-5-7-12-14;1-10(2,3)8-7-11-9-5-4-6-12-13(8)9;1-7-6-11-8(2)9(12-7)10(3,4)5;1-6-8(9(2,3)4)12-7(10)5-11-6;1-9(2,3)8-6-4-5-7-10-8/h4-9,14H,1-3H3;6-7,9H,4-5,8H2,1-3H3;5-7H,1-4H3;4-7H,1-3H3;6H,1-5H3;5H,1-4H3;4-7H,1-3H3. The first-order chi connectivity index (χ1) is 41.7. The molecule has 0 unspecified atom stereocenters. The molecule has 0 amide bonds. The highest BCUT2D eigenvalue weighted by Crippen LogP contribution is 2.35. The lowest BCUT2D eigenvalue weighted by Crippen LogP contribution is -2.17. The Kier molecular flexibility index (Phi) is 24.9. The lowest BCUT2D eigenvalue weighted by Gasteiger charge is -2.21. The topological polar surface area (TPSA) is 179 Å². The zero-order valence-corrected chi connectivity index (χ0v) is 60.5. The number of nitrogens with zero attached hydrogens (tertiary/aromatic N) is 14. The molecule has 0 saturated heterocycles. The fourth-order valence-corrected chi connectivity index (χ4v) is 10.1. The van der Waals surface area contributed by atoms with Crippen LogP contribution in [0.25, 0.3) is 22.6 Å². The fraction of sp³-hybridized carbons (Fsp3) is 0.486. The number of hydrogen-bond donors (Lipinski definition) is 1. The van der Waals surface area contributed by atoms with E-state index in [0.717, 1.165) is 85.0 Å². The van der Waals surface area contributed by atoms with Gasteiger partial charge in [0.2, 0.25) is 0 Å². The van der Waals surface area contributed by atoms with Crippen LogP contribution in [-0.2, 0) is 44.3 Å². The predicted molar refractivity (Wildman–Crippen MR) is 374 cm³/mol. The van der Waals surface area contributed by atoms with E-state index in [4.69, 9.17) is 0 Å². The van der Waals surface area contributed by atoms with E-state index in [-0.39, 0.29) is 37.9 Å². The first kappa shape index (κ1) is 73.3. The molecule has 0 aromatic carbocycles. The van der Waals surface area contributed by atoms with Crippen LogP contribution < -0.4 is 0 Å². The Bertz CT molecular complexity index is 3750. The monoisotopic (exact) mass is 1280 g/mol. The zero-order valence-electron chi connectivity index (χ0n) is 59.0. The second kappa shape index (κ2) is 30.6. The molecule has 10 aromatic heterocycles. The summed E-state index contributed by atoms with van der Waals surface area (Å²) in [7, 11) is 0. The van der Waals surface area contributed by atoms with Crippen LogP contribution in [0.4, 0.5) is 0 Å². The average molecular weight is 1280 g/mol. The van der Waals surface area contributed by atoms with Gasteiger partial charge >= 0.3 is 0 Å². The third kappa shape index (κ3) is 22.2. The summed E-state index contributed by atoms with van der Waals surface area (Å²) in [5.41, 5.74) is 18.2. The summed E-state index contributed by atoms with van der Waals surface area (Å²) >= 11 is 3.32. The van der Waals surface area contributed by atoms with E-state index in [0.29, 0.717) is 0 Å². The predicted octanol–water partition coefficient (Wildman–Crippen LogP) is 18.1. The molecule has 11 rings (SSSR count). The zero-order chi connectivity index (χ0) is 67.2. The summed E-state index contributed by atoms with van der Waals surface area (Å²) in [5.74, 6) is 0.882. The van der Waals surface area contributed by atoms with Crippen molar-refractivity contribution >= 4 is 27.2 Å². The Balaban J connectivity index is 0.000000192. The van der Waals surface area contributed by atoms with Crippen molar-refractivity contribution < 1.29 is 0 Å². The summed E-state index contributed by atoms with van der Waals surface area (Å²) in [6, 6.07) is 20.0. The van der Waals surface area contributed by atoms with Gasteiger partial charge in [-0.05, 0) is 128 Å². The number of H-pyrrole nitrogens is 1. The van der Waals surface area contributed by atoms with Gasteiger partial charge in [0.15, 0.2) is 11.3 Å². The molecule has 90 heavy (non-hydrogen) atoms. The van der Waals surface area contributed by atoms with E-state index >= 15 is 0 Å². The molecular formula is C74H104BrN15. The molecule has 10 aromatic rings. The Morgan fingerprint density at radius 3 is 1.52 bits per heavy atom. The summed E-state index contributed by atoms with van der Waals surface area (Å²) in [5, 5.41) is 8.58. The minimum absolute atomic E-state index is 0.0703. The molecule has 0 aliphatic heterocycles. The average Bonchev–Trinajstić information content (AvgIpc) is 1.66. The van der Waals surface area contributed by atoms with E-state index in [2.05, 4.69) is 245 Å². The van der Waals surface area contributed by atoms with Crippen LogP contribution >= 0.6 is 15.9 Å². The molecule has 1 aliphatic carbocycles. The molecule has 0 radical (unpaired) electrons. The van der Waals surface area contributed by atoms with E-state index < -0.39 is 0 Å². The number of hydrogen-bond acceptors (Lipinski definition) is 12. The summed E-state index contributed by atoms with van der Waals surface area (Å²) < 4.78 is 4.62. The summed E-state index contributed by atoms with van der Waals surface area (Å²) in [6.07, 6.45) is 24.1. The molecule has 1 N–H and O–H groups in total. The highest BCUT2D eigenvalue weighted by molar-refractivity contribution is 9.10. The number of halogens is 1. The van der Waals surface area contributed by atoms with Gasteiger partial charge in [-0.1, -0.05) is 158 Å². The van der Waals surface area contributed by atoms with Gasteiger partial charge in [0, 0.05) is 99.5 Å². The van der Waals surface area contributed by atoms with Crippen molar-refractivity contribution in [2.24, 2.45) is 5.92 Å². The molecule has 16 heteroatoms. The van der Waals surface area contributed by atoms with Crippen LogP contribution in [0, 0.1) is 33.6 Å². The van der Waals surface area contributed by atoms with Crippen LogP contribution in [-0.4, -0.2) is 74.1 Å². The normalized spacial score (nSPS) is 12.7. The Labute approximate surface area is 547 Å². The van der Waals surface area contributed by atoms with E-state index in [1.165, 1.54) is 35.5 Å². The lowest BCUT2D eigenvalue weighted by molar-refractivity contribution is 0.546. The van der Waals surface area contributed by atoms with Crippen LogP contribution in [0.15, 0.2) is 133 Å². The molecule has 0 bridgehead atoms. The minimum atomic E-state index is 0.0703. The van der Waals surface area contributed by atoms with Crippen molar-refractivity contribution in [3.05, 3.63) is 202 Å². The van der Waals surface area contributed by atoms with Crippen molar-refractivity contribution in [1.82, 2.24) is 74.1 Å². The van der Waals surface area contributed by atoms with Gasteiger partial charge in [0.25, 0.3) is 0 Å². The number of imidazole rings is 2. The molecule has 1 fully saturated rings. The van der Waals surface area contributed by atoms with Gasteiger partial charge in [-0.15, -0.1) is 0 Å². The van der Waals surface area contributed by atoms with Crippen molar-refractivity contribution in [3.63, 3.8) is 0 Å². The molecule has 0 atom stereocenters. The summed E-state index contributed by atoms with van der Waals surface area (Å²) in [4.78, 5) is 46.9. The second-order valence-corrected chi connectivity index (χ2v) is 31.1. The van der Waals surface area contributed by atoms with Crippen molar-refractivity contribution in [1.29, 1.82) is 0 Å². The first-order valence-electron chi connectivity index (χ1n) is 31.4.